The van der Waals surface area contributed by atoms with Crippen molar-refractivity contribution in [2.24, 2.45) is 0 Å². The van der Waals surface area contributed by atoms with E-state index in [2.05, 4.69) is 284 Å². The third kappa shape index (κ3) is 9.37. The fourth-order valence-corrected chi connectivity index (χ4v) is 10.3. The summed E-state index contributed by atoms with van der Waals surface area (Å²) in [4.78, 5) is 9.55. The van der Waals surface area contributed by atoms with Gasteiger partial charge in [0.15, 0.2) is 0 Å². The number of hydrogen-bond donors (Lipinski definition) is 0. The molecule has 10 aromatic rings. The predicted octanol–water partition coefficient (Wildman–Crippen LogP) is 17.9. The summed E-state index contributed by atoms with van der Waals surface area (Å²) in [6.07, 6.45) is 1.92. The number of para-hydroxylation sites is 2. The Bertz CT molecular complexity index is 3590. The average molecular weight is 1150 g/mol. The number of pyridine rings is 1. The van der Waals surface area contributed by atoms with Crippen LogP contribution >= 0.6 is 0 Å². The second-order valence-corrected chi connectivity index (χ2v) is 22.7. The van der Waals surface area contributed by atoms with Gasteiger partial charge in [-0.25, -0.2) is 4.98 Å². The third-order valence-corrected chi connectivity index (χ3v) is 15.0. The summed E-state index contributed by atoms with van der Waals surface area (Å²) in [5, 5.41) is 2.25. The first-order valence-corrected chi connectivity index (χ1v) is 25.5. The first kappa shape index (κ1) is 50.3. The minimum atomic E-state index is -0.279. The van der Waals surface area contributed by atoms with Gasteiger partial charge in [0.2, 0.25) is 0 Å². The minimum Gasteiger partial charge on any atom is -0.509 e. The Morgan fingerprint density at radius 3 is 1.62 bits per heavy atom. The van der Waals surface area contributed by atoms with Gasteiger partial charge in [0, 0.05) is 72.2 Å². The molecule has 0 bridgehead atoms. The topological polar surface area (TPSA) is 33.5 Å². The van der Waals surface area contributed by atoms with E-state index in [0.717, 1.165) is 61.5 Å². The number of nitrogens with zero attached hydrogens (tertiary/aromatic N) is 4. The van der Waals surface area contributed by atoms with Gasteiger partial charge in [0.25, 0.3) is 0 Å². The number of fused-ring (bicyclic) bond motifs is 4. The quantitative estimate of drug-likeness (QED) is 0.128. The van der Waals surface area contributed by atoms with Crippen molar-refractivity contribution in [3.05, 3.63) is 246 Å². The van der Waals surface area contributed by atoms with Crippen molar-refractivity contribution in [2.75, 3.05) is 9.80 Å². The van der Waals surface area contributed by atoms with Crippen molar-refractivity contribution >= 4 is 44.6 Å². The van der Waals surface area contributed by atoms with Crippen molar-refractivity contribution in [3.8, 4) is 28.4 Å². The second kappa shape index (κ2) is 19.3. The Balaban J connectivity index is 0.00000626. The molecule has 0 unspecified atom stereocenters. The van der Waals surface area contributed by atoms with Crippen LogP contribution in [0.5, 0.6) is 11.5 Å². The fraction of sp³-hybridized carbons (Fsp3) is 0.206. The number of rotatable bonds is 10. The normalized spacial score (nSPS) is 13.1. The number of ether oxygens (including phenoxy) is 1. The maximum absolute atomic E-state index is 6.98. The third-order valence-electron chi connectivity index (χ3n) is 15.0. The number of benzene rings is 8. The summed E-state index contributed by atoms with van der Waals surface area (Å²) in [7, 11) is 0. The van der Waals surface area contributed by atoms with E-state index in [1.54, 1.807) is 0 Å². The van der Waals surface area contributed by atoms with Gasteiger partial charge in [0.05, 0.1) is 0 Å². The van der Waals surface area contributed by atoms with E-state index in [1.165, 1.54) is 33.4 Å². The van der Waals surface area contributed by atoms with E-state index in [-0.39, 0.29) is 42.7 Å². The minimum absolute atomic E-state index is 0. The van der Waals surface area contributed by atoms with E-state index >= 15 is 0 Å². The van der Waals surface area contributed by atoms with E-state index in [9.17, 15) is 0 Å². The van der Waals surface area contributed by atoms with Gasteiger partial charge in [-0.2, -0.15) is 6.07 Å². The van der Waals surface area contributed by atoms with Crippen LogP contribution in [-0.4, -0.2) is 9.55 Å². The standard InChI is InChI=1S/C68H63N4O.Pt/c1-65(2,3)50-30-33-60-59(41-50)58-32-31-56(44-63(58)72(60)64-42-51(34-35-69-64)66(4,5)6)73-57-37-47(46-22-14-11-15-23-46)36-54(43-57)70-45-71(62-29-21-20-28-61(62)70)55-39-52(67(7,8)48-24-16-12-17-25-48)38-53(40-55)68(9,10)49-26-18-13-19-27-49;/h11-42,45H,1-10H3;/q-3;. The van der Waals surface area contributed by atoms with Crippen LogP contribution in [0.1, 0.15) is 103 Å². The smallest absolute Gasteiger partial charge is 0.135 e. The molecule has 0 aliphatic carbocycles. The van der Waals surface area contributed by atoms with Gasteiger partial charge >= 0.3 is 0 Å². The molecule has 5 nitrogen and oxygen atoms in total. The fourth-order valence-electron chi connectivity index (χ4n) is 10.3. The van der Waals surface area contributed by atoms with Crippen molar-refractivity contribution in [1.29, 1.82) is 0 Å². The van der Waals surface area contributed by atoms with Crippen molar-refractivity contribution in [1.82, 2.24) is 9.55 Å². The van der Waals surface area contributed by atoms with Crippen LogP contribution in [0.25, 0.3) is 38.8 Å². The van der Waals surface area contributed by atoms with Crippen LogP contribution < -0.4 is 14.5 Å². The summed E-state index contributed by atoms with van der Waals surface area (Å²) in [5.74, 6) is 2.02. The van der Waals surface area contributed by atoms with Gasteiger partial charge in [-0.1, -0.05) is 196 Å². The van der Waals surface area contributed by atoms with Gasteiger partial charge < -0.3 is 19.1 Å². The van der Waals surface area contributed by atoms with Crippen LogP contribution in [0.2, 0.25) is 0 Å². The molecule has 374 valence electrons. The maximum Gasteiger partial charge on any atom is 0.135 e. The monoisotopic (exact) mass is 1150 g/mol. The predicted molar refractivity (Wildman–Crippen MR) is 304 cm³/mol. The molecular formula is C68H63N4OPt-3. The molecule has 0 saturated heterocycles. The molecule has 0 radical (unpaired) electrons. The first-order valence-electron chi connectivity index (χ1n) is 25.5. The van der Waals surface area contributed by atoms with Crippen molar-refractivity contribution in [2.45, 2.75) is 90.9 Å². The molecule has 8 aromatic carbocycles. The molecule has 1 aliphatic heterocycles. The molecule has 0 fully saturated rings. The molecule has 0 spiro atoms. The van der Waals surface area contributed by atoms with Gasteiger partial charge in [-0.3, -0.25) is 0 Å². The van der Waals surface area contributed by atoms with Crippen molar-refractivity contribution < 1.29 is 25.8 Å². The zero-order valence-electron chi connectivity index (χ0n) is 44.1. The number of hydrogen-bond acceptors (Lipinski definition) is 4. The Labute approximate surface area is 452 Å². The molecule has 1 aliphatic rings. The maximum atomic E-state index is 6.98. The van der Waals surface area contributed by atoms with Crippen LogP contribution in [0.4, 0.5) is 22.7 Å². The molecule has 74 heavy (non-hydrogen) atoms. The molecule has 0 N–H and O–H groups in total. The molecule has 3 heterocycles. The van der Waals surface area contributed by atoms with Gasteiger partial charge in [-0.05, 0) is 97.6 Å². The Hall–Kier alpha value is -7.20. The van der Waals surface area contributed by atoms with Crippen LogP contribution in [0.15, 0.2) is 194 Å². The first-order chi connectivity index (χ1) is 34.9. The Morgan fingerprint density at radius 2 is 1.01 bits per heavy atom. The second-order valence-electron chi connectivity index (χ2n) is 22.7. The van der Waals surface area contributed by atoms with Gasteiger partial charge in [0.1, 0.15) is 5.82 Å². The average Bonchev–Trinajstić information content (AvgIpc) is 3.95. The summed E-state index contributed by atoms with van der Waals surface area (Å²) in [6.45, 7) is 25.1. The van der Waals surface area contributed by atoms with E-state index in [0.29, 0.717) is 11.5 Å². The van der Waals surface area contributed by atoms with Crippen LogP contribution in [0.3, 0.4) is 0 Å². The van der Waals surface area contributed by atoms with E-state index < -0.39 is 0 Å². The number of aromatic nitrogens is 2. The van der Waals surface area contributed by atoms with Gasteiger partial charge in [-0.15, -0.1) is 53.6 Å². The van der Waals surface area contributed by atoms with Crippen LogP contribution in [-0.2, 0) is 42.7 Å². The molecule has 6 heteroatoms. The molecule has 2 aromatic heterocycles. The zero-order chi connectivity index (χ0) is 50.9. The summed E-state index contributed by atoms with van der Waals surface area (Å²) < 4.78 is 9.22. The molecular weight excluding hydrogens is 1080 g/mol. The molecule has 11 rings (SSSR count). The summed E-state index contributed by atoms with van der Waals surface area (Å²) in [5.41, 5.74) is 15.0. The molecule has 0 saturated carbocycles. The Morgan fingerprint density at radius 1 is 0.446 bits per heavy atom. The van der Waals surface area contributed by atoms with Crippen LogP contribution in [0, 0.1) is 18.8 Å². The SMILES string of the molecule is CC(C)(C)c1ccnc(-n2c3[c-]c(Oc4[c-]c(N5[CH-]N(c6cc(C(C)(C)c7ccccc7)cc(C(C)(C)c7ccccc7)c6)c6ccccc65)cc(-c5ccccc5)c4)ccc3c3cc(C(C)(C)C)ccc32)c1.[Pt]. The largest absolute Gasteiger partial charge is 0.509 e. The molecule has 0 atom stereocenters. The number of anilines is 4. The molecule has 0 amide bonds. The van der Waals surface area contributed by atoms with E-state index in [4.69, 9.17) is 9.72 Å². The zero-order valence-corrected chi connectivity index (χ0v) is 46.3. The Kier molecular flexibility index (Phi) is 13.1. The van der Waals surface area contributed by atoms with Crippen molar-refractivity contribution in [3.63, 3.8) is 0 Å². The summed E-state index contributed by atoms with van der Waals surface area (Å²) in [6, 6.07) is 75.1. The van der Waals surface area contributed by atoms with E-state index in [1.807, 2.05) is 12.3 Å². The summed E-state index contributed by atoms with van der Waals surface area (Å²) >= 11 is 0.